The van der Waals surface area contributed by atoms with E-state index in [4.69, 9.17) is 18.9 Å². The van der Waals surface area contributed by atoms with E-state index < -0.39 is 5.97 Å². The second-order valence-corrected chi connectivity index (χ2v) is 13.5. The summed E-state index contributed by atoms with van der Waals surface area (Å²) in [6.45, 7) is 5.54. The van der Waals surface area contributed by atoms with Gasteiger partial charge in [-0.3, -0.25) is 9.59 Å². The first-order valence-electron chi connectivity index (χ1n) is 17.8. The molecule has 0 spiro atoms. The van der Waals surface area contributed by atoms with Crippen molar-refractivity contribution in [3.05, 3.63) is 23.8 Å². The first-order valence-corrected chi connectivity index (χ1v) is 17.8. The maximum absolute atomic E-state index is 13.2. The van der Waals surface area contributed by atoms with Crippen LogP contribution in [0.5, 0.6) is 11.5 Å². The molecule has 1 aliphatic heterocycles. The number of carbonyl (C=O) groups excluding carboxylic acids is 3. The zero-order valence-corrected chi connectivity index (χ0v) is 27.3. The van der Waals surface area contributed by atoms with E-state index in [0.717, 1.165) is 77.2 Å². The Kier molecular flexibility index (Phi) is 14.5. The molecule has 1 aromatic carbocycles. The first kappa shape index (κ1) is 34.5. The van der Waals surface area contributed by atoms with Crippen molar-refractivity contribution in [2.75, 3.05) is 13.2 Å². The topological polar surface area (TPSA) is 91.4 Å². The number of epoxide rings is 1. The average Bonchev–Trinajstić information content (AvgIpc) is 3.87. The van der Waals surface area contributed by atoms with E-state index in [2.05, 4.69) is 13.8 Å². The molecule has 0 bridgehead atoms. The average molecular weight is 613 g/mol. The summed E-state index contributed by atoms with van der Waals surface area (Å²) in [5.74, 6) is 0.435. The van der Waals surface area contributed by atoms with Gasteiger partial charge in [-0.15, -0.1) is 0 Å². The van der Waals surface area contributed by atoms with E-state index in [0.29, 0.717) is 17.9 Å². The molecule has 4 rings (SSSR count). The largest absolute Gasteiger partial charge is 0.462 e. The predicted molar refractivity (Wildman–Crippen MR) is 171 cm³/mol. The van der Waals surface area contributed by atoms with E-state index in [-0.39, 0.29) is 47.4 Å². The van der Waals surface area contributed by atoms with E-state index in [1.807, 2.05) is 0 Å². The highest BCUT2D eigenvalue weighted by molar-refractivity contribution is 5.94. The second-order valence-electron chi connectivity index (χ2n) is 13.5. The molecule has 0 N–H and O–H groups in total. The summed E-state index contributed by atoms with van der Waals surface area (Å²) in [5.41, 5.74) is 0.127. The van der Waals surface area contributed by atoms with Crippen LogP contribution in [0.25, 0.3) is 0 Å². The van der Waals surface area contributed by atoms with E-state index in [1.165, 1.54) is 57.4 Å². The summed E-state index contributed by atoms with van der Waals surface area (Å²) in [5, 5.41) is 0. The molecule has 1 unspecified atom stereocenters. The Hall–Kier alpha value is -2.41. The highest BCUT2D eigenvalue weighted by atomic mass is 16.6. The van der Waals surface area contributed by atoms with Crippen LogP contribution in [-0.2, 0) is 19.1 Å². The highest BCUT2D eigenvalue weighted by Gasteiger charge is 2.30. The number of rotatable bonds is 18. The molecular formula is C37H56O7. The number of unbranched alkanes of at least 4 members (excludes halogenated alkanes) is 5. The third kappa shape index (κ3) is 11.5. The van der Waals surface area contributed by atoms with Gasteiger partial charge < -0.3 is 18.9 Å². The number of esters is 3. The molecule has 246 valence electrons. The molecule has 0 radical (unpaired) electrons. The molecule has 7 nitrogen and oxygen atoms in total. The fourth-order valence-corrected chi connectivity index (χ4v) is 6.90. The number of hydrogen-bond acceptors (Lipinski definition) is 7. The van der Waals surface area contributed by atoms with Gasteiger partial charge in [-0.05, 0) is 101 Å². The van der Waals surface area contributed by atoms with Gasteiger partial charge in [0, 0.05) is 0 Å². The summed E-state index contributed by atoms with van der Waals surface area (Å²) in [7, 11) is 0. The lowest BCUT2D eigenvalue weighted by Gasteiger charge is -2.27. The van der Waals surface area contributed by atoms with Crippen LogP contribution in [0.15, 0.2) is 18.2 Å². The number of ether oxygens (including phenoxy) is 4. The molecule has 0 amide bonds. The van der Waals surface area contributed by atoms with Crippen LogP contribution in [0.4, 0.5) is 0 Å². The van der Waals surface area contributed by atoms with Crippen LogP contribution in [0, 0.1) is 23.7 Å². The van der Waals surface area contributed by atoms with Gasteiger partial charge in [-0.1, -0.05) is 65.2 Å². The Labute approximate surface area is 265 Å². The quantitative estimate of drug-likeness (QED) is 0.0707. The normalized spacial score (nSPS) is 24.8. The van der Waals surface area contributed by atoms with Gasteiger partial charge >= 0.3 is 17.9 Å². The number of hydrogen-bond donors (Lipinski definition) is 0. The van der Waals surface area contributed by atoms with Gasteiger partial charge in [0.1, 0.15) is 17.1 Å². The third-order valence-electron chi connectivity index (χ3n) is 9.95. The van der Waals surface area contributed by atoms with Crippen LogP contribution in [0.3, 0.4) is 0 Å². The van der Waals surface area contributed by atoms with Crippen LogP contribution in [0.1, 0.15) is 146 Å². The van der Waals surface area contributed by atoms with E-state index in [1.54, 1.807) is 12.1 Å². The minimum atomic E-state index is -0.569. The Bertz CT molecular complexity index is 1030. The van der Waals surface area contributed by atoms with Gasteiger partial charge in [-0.25, -0.2) is 4.79 Å². The Balaban J connectivity index is 1.33. The fraction of sp³-hybridized carbons (Fsp3) is 0.757. The van der Waals surface area contributed by atoms with Crippen LogP contribution < -0.4 is 9.47 Å². The van der Waals surface area contributed by atoms with Crippen molar-refractivity contribution in [3.8, 4) is 11.5 Å². The molecule has 2 aliphatic carbocycles. The minimum Gasteiger partial charge on any atom is -0.462 e. The summed E-state index contributed by atoms with van der Waals surface area (Å²) in [4.78, 5) is 39.5. The lowest BCUT2D eigenvalue weighted by Crippen LogP contribution is -2.27. The standard InChI is InChI=1S/C37H56O7/c1-3-5-7-11-27-14-18-29(19-15-27)35(38)43-31-22-23-34(33(25-31)37(40)41-24-10-9-13-32-26-42-32)44-36(39)30-20-16-28(17-21-30)12-8-6-4-2/h22-23,25,27-30,32H,3-21,24,26H2,1-2H3. The highest BCUT2D eigenvalue weighted by Crippen LogP contribution is 2.36. The van der Waals surface area contributed by atoms with Crippen LogP contribution in [0.2, 0.25) is 0 Å². The van der Waals surface area contributed by atoms with Crippen molar-refractivity contribution in [1.82, 2.24) is 0 Å². The lowest BCUT2D eigenvalue weighted by atomic mass is 9.80. The maximum Gasteiger partial charge on any atom is 0.342 e. The molecule has 1 saturated heterocycles. The van der Waals surface area contributed by atoms with E-state index in [9.17, 15) is 14.4 Å². The summed E-state index contributed by atoms with van der Waals surface area (Å²) in [6, 6.07) is 4.69. The summed E-state index contributed by atoms with van der Waals surface area (Å²) in [6.07, 6.45) is 20.5. The van der Waals surface area contributed by atoms with Crippen molar-refractivity contribution in [3.63, 3.8) is 0 Å². The van der Waals surface area contributed by atoms with Gasteiger partial charge in [0.05, 0.1) is 31.2 Å². The van der Waals surface area contributed by atoms with Gasteiger partial charge in [-0.2, -0.15) is 0 Å². The molecule has 1 aromatic rings. The molecule has 1 heterocycles. The zero-order chi connectivity index (χ0) is 31.1. The van der Waals surface area contributed by atoms with E-state index >= 15 is 0 Å². The SMILES string of the molecule is CCCCCC1CCC(C(=O)Oc2ccc(OC(=O)C3CCC(CCCCC)CC3)c(C(=O)OCCCCC3CO3)c2)CC1. The Morgan fingerprint density at radius 2 is 1.25 bits per heavy atom. The molecule has 3 fully saturated rings. The molecule has 2 saturated carbocycles. The monoisotopic (exact) mass is 612 g/mol. The van der Waals surface area contributed by atoms with Crippen molar-refractivity contribution in [2.45, 2.75) is 142 Å². The lowest BCUT2D eigenvalue weighted by molar-refractivity contribution is -0.141. The van der Waals surface area contributed by atoms with Gasteiger partial charge in [0.25, 0.3) is 0 Å². The first-order chi connectivity index (χ1) is 21.5. The summed E-state index contributed by atoms with van der Waals surface area (Å²) >= 11 is 0. The molecule has 1 atom stereocenters. The van der Waals surface area contributed by atoms with Gasteiger partial charge in [0.15, 0.2) is 0 Å². The molecule has 0 aromatic heterocycles. The van der Waals surface area contributed by atoms with Crippen molar-refractivity contribution in [1.29, 1.82) is 0 Å². The molecular weight excluding hydrogens is 556 g/mol. The van der Waals surface area contributed by atoms with Crippen LogP contribution in [-0.4, -0.2) is 37.2 Å². The second kappa shape index (κ2) is 18.5. The van der Waals surface area contributed by atoms with Crippen LogP contribution >= 0.6 is 0 Å². The smallest absolute Gasteiger partial charge is 0.342 e. The third-order valence-corrected chi connectivity index (χ3v) is 9.95. The molecule has 3 aliphatic rings. The van der Waals surface area contributed by atoms with Gasteiger partial charge in [0.2, 0.25) is 0 Å². The minimum absolute atomic E-state index is 0.127. The fourth-order valence-electron chi connectivity index (χ4n) is 6.90. The Morgan fingerprint density at radius 1 is 0.705 bits per heavy atom. The number of carbonyl (C=O) groups is 3. The number of benzene rings is 1. The summed E-state index contributed by atoms with van der Waals surface area (Å²) < 4.78 is 22.4. The van der Waals surface area contributed by atoms with Crippen molar-refractivity contribution >= 4 is 17.9 Å². The molecule has 7 heteroatoms. The van der Waals surface area contributed by atoms with Crippen molar-refractivity contribution in [2.24, 2.45) is 23.7 Å². The zero-order valence-electron chi connectivity index (χ0n) is 27.3. The Morgan fingerprint density at radius 3 is 1.80 bits per heavy atom. The molecule has 44 heavy (non-hydrogen) atoms. The predicted octanol–water partition coefficient (Wildman–Crippen LogP) is 9.00. The maximum atomic E-state index is 13.2. The van der Waals surface area contributed by atoms with Crippen molar-refractivity contribution < 1.29 is 33.3 Å².